The van der Waals surface area contributed by atoms with Crippen LogP contribution >= 0.6 is 0 Å². The van der Waals surface area contributed by atoms with E-state index in [0.29, 0.717) is 25.2 Å². The van der Waals surface area contributed by atoms with Crippen LogP contribution in [0.25, 0.3) is 5.52 Å². The molecule has 23 heavy (non-hydrogen) atoms. The first kappa shape index (κ1) is 14.0. The number of hydrogen-bond acceptors (Lipinski definition) is 4. The average Bonchev–Trinajstić information content (AvgIpc) is 3.08. The first-order valence-corrected chi connectivity index (χ1v) is 7.74. The zero-order valence-corrected chi connectivity index (χ0v) is 12.9. The highest BCUT2D eigenvalue weighted by atomic mass is 16.6. The van der Waals surface area contributed by atoms with E-state index in [4.69, 9.17) is 4.74 Å². The fourth-order valence-electron chi connectivity index (χ4n) is 3.55. The number of piperidine rings is 1. The van der Waals surface area contributed by atoms with Crippen LogP contribution in [0.15, 0.2) is 30.6 Å². The Bertz CT molecular complexity index is 786. The summed E-state index contributed by atoms with van der Waals surface area (Å²) >= 11 is 0. The Morgan fingerprint density at radius 2 is 2.22 bits per heavy atom. The molecule has 2 aliphatic heterocycles. The summed E-state index contributed by atoms with van der Waals surface area (Å²) in [5, 5.41) is 4.22. The molecule has 4 heterocycles. The minimum atomic E-state index is -0.567. The van der Waals surface area contributed by atoms with Gasteiger partial charge in [0, 0.05) is 19.8 Å². The lowest BCUT2D eigenvalue weighted by molar-refractivity contribution is -0.00514. The molecule has 7 nitrogen and oxygen atoms in total. The Morgan fingerprint density at radius 3 is 3.00 bits per heavy atom. The monoisotopic (exact) mass is 314 g/mol. The minimum absolute atomic E-state index is 0.0594. The van der Waals surface area contributed by atoms with E-state index in [1.807, 2.05) is 24.4 Å². The van der Waals surface area contributed by atoms with Crippen LogP contribution in [-0.2, 0) is 4.74 Å². The van der Waals surface area contributed by atoms with Crippen molar-refractivity contribution in [3.05, 3.63) is 36.2 Å². The zero-order valence-electron chi connectivity index (χ0n) is 12.9. The molecule has 0 bridgehead atoms. The Hall–Kier alpha value is -2.57. The molecule has 1 unspecified atom stereocenters. The molecule has 2 aromatic heterocycles. The van der Waals surface area contributed by atoms with E-state index in [2.05, 4.69) is 5.10 Å². The quantitative estimate of drug-likeness (QED) is 0.798. The number of carbonyl (C=O) groups is 2. The summed E-state index contributed by atoms with van der Waals surface area (Å²) in [7, 11) is 1.73. The average molecular weight is 314 g/mol. The highest BCUT2D eigenvalue weighted by Gasteiger charge is 2.47. The number of ether oxygens (including phenoxy) is 1. The lowest BCUT2D eigenvalue weighted by atomic mass is 9.92. The lowest BCUT2D eigenvalue weighted by Crippen LogP contribution is -2.52. The highest BCUT2D eigenvalue weighted by Crippen LogP contribution is 2.32. The van der Waals surface area contributed by atoms with Crippen molar-refractivity contribution in [3.8, 4) is 0 Å². The van der Waals surface area contributed by atoms with Gasteiger partial charge in [0.2, 0.25) is 0 Å². The molecule has 0 aliphatic carbocycles. The first-order valence-electron chi connectivity index (χ1n) is 7.74. The van der Waals surface area contributed by atoms with Gasteiger partial charge in [0.25, 0.3) is 5.91 Å². The van der Waals surface area contributed by atoms with Gasteiger partial charge >= 0.3 is 6.09 Å². The third kappa shape index (κ3) is 2.23. The molecule has 0 radical (unpaired) electrons. The summed E-state index contributed by atoms with van der Waals surface area (Å²) in [6.07, 6.45) is 4.73. The second kappa shape index (κ2) is 4.97. The van der Waals surface area contributed by atoms with Crippen molar-refractivity contribution in [3.63, 3.8) is 0 Å². The van der Waals surface area contributed by atoms with E-state index in [-0.39, 0.29) is 12.0 Å². The van der Waals surface area contributed by atoms with Gasteiger partial charge in [0.05, 0.1) is 30.4 Å². The molecule has 2 aliphatic rings. The maximum Gasteiger partial charge on any atom is 0.410 e. The zero-order chi connectivity index (χ0) is 16.0. The molecule has 120 valence electrons. The van der Waals surface area contributed by atoms with Crippen molar-refractivity contribution in [2.45, 2.75) is 18.4 Å². The molecule has 4 rings (SSSR count). The van der Waals surface area contributed by atoms with E-state index >= 15 is 0 Å². The smallest absolute Gasteiger partial charge is 0.410 e. The second-order valence-electron chi connectivity index (χ2n) is 6.33. The fraction of sp³-hybridized carbons (Fsp3) is 0.438. The van der Waals surface area contributed by atoms with Crippen molar-refractivity contribution in [2.24, 2.45) is 0 Å². The van der Waals surface area contributed by atoms with Crippen LogP contribution in [-0.4, -0.2) is 63.7 Å². The summed E-state index contributed by atoms with van der Waals surface area (Å²) in [5.41, 5.74) is 0.806. The Morgan fingerprint density at radius 1 is 1.35 bits per heavy atom. The molecule has 2 saturated heterocycles. The van der Waals surface area contributed by atoms with Crippen LogP contribution in [0.4, 0.5) is 4.79 Å². The van der Waals surface area contributed by atoms with Gasteiger partial charge < -0.3 is 14.5 Å². The Kier molecular flexibility index (Phi) is 3.04. The Balaban J connectivity index is 1.60. The van der Waals surface area contributed by atoms with Crippen LogP contribution < -0.4 is 0 Å². The molecule has 0 N–H and O–H groups in total. The summed E-state index contributed by atoms with van der Waals surface area (Å²) in [6.45, 7) is 1.64. The second-order valence-corrected chi connectivity index (χ2v) is 6.33. The van der Waals surface area contributed by atoms with E-state index in [1.54, 1.807) is 27.6 Å². The number of amides is 2. The number of likely N-dealkylation sites (N-methyl/N-ethyl adjacent to an activating group) is 1. The fourth-order valence-corrected chi connectivity index (χ4v) is 3.55. The van der Waals surface area contributed by atoms with Crippen molar-refractivity contribution >= 4 is 17.5 Å². The van der Waals surface area contributed by atoms with E-state index < -0.39 is 5.60 Å². The van der Waals surface area contributed by atoms with E-state index in [1.165, 1.54) is 0 Å². The van der Waals surface area contributed by atoms with Gasteiger partial charge in [-0.25, -0.2) is 9.31 Å². The molecule has 2 amide bonds. The Labute approximate surface area is 133 Å². The maximum absolute atomic E-state index is 12.9. The predicted octanol–water partition coefficient (Wildman–Crippen LogP) is 1.39. The van der Waals surface area contributed by atoms with Gasteiger partial charge in [-0.15, -0.1) is 0 Å². The molecule has 1 atom stereocenters. The largest absolute Gasteiger partial charge is 0.439 e. The van der Waals surface area contributed by atoms with Crippen molar-refractivity contribution in [2.75, 3.05) is 26.7 Å². The van der Waals surface area contributed by atoms with Crippen molar-refractivity contribution in [1.82, 2.24) is 19.4 Å². The third-order valence-electron chi connectivity index (χ3n) is 4.62. The summed E-state index contributed by atoms with van der Waals surface area (Å²) < 4.78 is 7.25. The van der Waals surface area contributed by atoms with Gasteiger partial charge in [-0.05, 0) is 25.0 Å². The first-order chi connectivity index (χ1) is 11.1. The molecule has 0 saturated carbocycles. The summed E-state index contributed by atoms with van der Waals surface area (Å²) in [5.74, 6) is -0.0594. The predicted molar refractivity (Wildman–Crippen MR) is 82.2 cm³/mol. The molecule has 2 fully saturated rings. The standard InChI is InChI=1S/C16H18N4O3/c1-18-10-16(23-15(18)22)6-4-7-19(11-16)14(21)12-9-17-20-8-3-2-5-13(12)20/h2-3,5,8-9H,4,6-7,10-11H2,1H3. The van der Waals surface area contributed by atoms with Gasteiger partial charge in [0.15, 0.2) is 0 Å². The van der Waals surface area contributed by atoms with Crippen molar-refractivity contribution < 1.29 is 14.3 Å². The number of fused-ring (bicyclic) bond motifs is 1. The number of hydrogen-bond donors (Lipinski definition) is 0. The lowest BCUT2D eigenvalue weighted by Gasteiger charge is -2.38. The van der Waals surface area contributed by atoms with Crippen molar-refractivity contribution in [1.29, 1.82) is 0 Å². The SMILES string of the molecule is CN1CC2(CCCN(C(=O)c3cnn4ccccc34)C2)OC1=O. The molecule has 0 aromatic carbocycles. The number of nitrogens with zero attached hydrogens (tertiary/aromatic N) is 4. The van der Waals surface area contributed by atoms with E-state index in [9.17, 15) is 9.59 Å². The normalized spacial score (nSPS) is 24.5. The topological polar surface area (TPSA) is 67.2 Å². The molecule has 7 heteroatoms. The highest BCUT2D eigenvalue weighted by molar-refractivity contribution is 6.00. The molecular formula is C16H18N4O3. The summed E-state index contributed by atoms with van der Waals surface area (Å²) in [4.78, 5) is 28.0. The van der Waals surface area contributed by atoms with Gasteiger partial charge in [-0.2, -0.15) is 5.10 Å². The number of pyridine rings is 1. The summed E-state index contributed by atoms with van der Waals surface area (Å²) in [6, 6.07) is 5.64. The van der Waals surface area contributed by atoms with Gasteiger partial charge in [-0.3, -0.25) is 4.79 Å². The molecular weight excluding hydrogens is 296 g/mol. The van der Waals surface area contributed by atoms with Crippen LogP contribution in [0.2, 0.25) is 0 Å². The number of rotatable bonds is 1. The maximum atomic E-state index is 12.9. The molecule has 2 aromatic rings. The number of carbonyl (C=O) groups excluding carboxylic acids is 2. The van der Waals surface area contributed by atoms with Gasteiger partial charge in [0.1, 0.15) is 5.60 Å². The number of likely N-dealkylation sites (tertiary alicyclic amines) is 1. The van der Waals surface area contributed by atoms with Crippen LogP contribution in [0.3, 0.4) is 0 Å². The third-order valence-corrected chi connectivity index (χ3v) is 4.62. The molecule has 1 spiro atoms. The van der Waals surface area contributed by atoms with Crippen LogP contribution in [0.1, 0.15) is 23.2 Å². The van der Waals surface area contributed by atoms with Gasteiger partial charge in [-0.1, -0.05) is 6.07 Å². The van der Waals surface area contributed by atoms with Crippen LogP contribution in [0.5, 0.6) is 0 Å². The van der Waals surface area contributed by atoms with Crippen LogP contribution in [0, 0.1) is 0 Å². The minimum Gasteiger partial charge on any atom is -0.439 e. The van der Waals surface area contributed by atoms with E-state index in [0.717, 1.165) is 18.4 Å². The number of aromatic nitrogens is 2.